The van der Waals surface area contributed by atoms with Crippen LogP contribution in [0.1, 0.15) is 16.7 Å². The predicted molar refractivity (Wildman–Crippen MR) is 121 cm³/mol. The van der Waals surface area contributed by atoms with E-state index in [0.717, 1.165) is 15.7 Å². The second kappa shape index (κ2) is 7.96. The summed E-state index contributed by atoms with van der Waals surface area (Å²) < 4.78 is 16.2. The molecule has 1 N–H and O–H groups in total. The van der Waals surface area contributed by atoms with Crippen LogP contribution in [0.4, 0.5) is 10.1 Å². The van der Waals surface area contributed by atoms with Crippen molar-refractivity contribution in [1.82, 2.24) is 9.13 Å². The molecule has 0 saturated carbocycles. The Labute approximate surface area is 181 Å². The second-order valence-electron chi connectivity index (χ2n) is 7.44. The molecule has 0 saturated heterocycles. The maximum atomic E-state index is 13.6. The minimum absolute atomic E-state index is 0.264. The van der Waals surface area contributed by atoms with Gasteiger partial charge in [0.05, 0.1) is 11.2 Å². The van der Waals surface area contributed by atoms with Crippen molar-refractivity contribution in [2.75, 3.05) is 5.32 Å². The Morgan fingerprint density at radius 3 is 2.55 bits per heavy atom. The molecule has 0 fully saturated rings. The monoisotopic (exact) mass is 437 g/mol. The van der Waals surface area contributed by atoms with Gasteiger partial charge in [0.25, 0.3) is 5.56 Å². The number of thiophene rings is 1. The fraction of sp³-hybridized carbons (Fsp3) is 0.174. The summed E-state index contributed by atoms with van der Waals surface area (Å²) in [6, 6.07) is 11.2. The number of amides is 1. The zero-order chi connectivity index (χ0) is 22.3. The largest absolute Gasteiger partial charge is 0.336 e. The smallest absolute Gasteiger partial charge is 0.324 e. The minimum atomic E-state index is -0.651. The number of rotatable bonds is 4. The van der Waals surface area contributed by atoms with Crippen molar-refractivity contribution < 1.29 is 9.18 Å². The Morgan fingerprint density at radius 1 is 1.03 bits per heavy atom. The van der Waals surface area contributed by atoms with Crippen LogP contribution in [0.25, 0.3) is 15.9 Å². The van der Waals surface area contributed by atoms with Gasteiger partial charge in [-0.1, -0.05) is 12.1 Å². The number of halogens is 1. The van der Waals surface area contributed by atoms with Crippen LogP contribution in [0, 0.1) is 26.6 Å². The average molecular weight is 437 g/mol. The fourth-order valence-electron chi connectivity index (χ4n) is 3.53. The number of aryl methyl sites for hydroxylation is 3. The lowest BCUT2D eigenvalue weighted by molar-refractivity contribution is -0.116. The molecular weight excluding hydrogens is 417 g/mol. The zero-order valence-electron chi connectivity index (χ0n) is 17.2. The quantitative estimate of drug-likeness (QED) is 0.526. The standard InChI is InChI=1S/C23H20FN3O3S/c1-13-4-5-14(2)17(10-13)25-20(28)12-26-19-8-9-31-21(19)22(29)27(23(26)30)18-7-6-16(24)11-15(18)3/h4-11H,12H2,1-3H3,(H,25,28). The topological polar surface area (TPSA) is 73.1 Å². The average Bonchev–Trinajstić information content (AvgIpc) is 3.20. The van der Waals surface area contributed by atoms with Gasteiger partial charge in [0.15, 0.2) is 0 Å². The molecule has 0 spiro atoms. The maximum Gasteiger partial charge on any atom is 0.336 e. The summed E-state index contributed by atoms with van der Waals surface area (Å²) in [5, 5.41) is 4.54. The summed E-state index contributed by atoms with van der Waals surface area (Å²) in [7, 11) is 0. The molecule has 2 aromatic heterocycles. The molecule has 2 aromatic carbocycles. The van der Waals surface area contributed by atoms with Crippen LogP contribution >= 0.6 is 11.3 Å². The number of nitrogens with zero attached hydrogens (tertiary/aromatic N) is 2. The molecule has 0 bridgehead atoms. The predicted octanol–water partition coefficient (Wildman–Crippen LogP) is 3.92. The van der Waals surface area contributed by atoms with E-state index in [1.807, 2.05) is 32.0 Å². The second-order valence-corrected chi connectivity index (χ2v) is 8.36. The molecule has 0 radical (unpaired) electrons. The van der Waals surface area contributed by atoms with Crippen molar-refractivity contribution in [3.63, 3.8) is 0 Å². The minimum Gasteiger partial charge on any atom is -0.324 e. The normalized spacial score (nSPS) is 11.1. The van der Waals surface area contributed by atoms with Crippen LogP contribution in [-0.2, 0) is 11.3 Å². The van der Waals surface area contributed by atoms with E-state index in [1.54, 1.807) is 18.4 Å². The molecule has 0 aliphatic heterocycles. The lowest BCUT2D eigenvalue weighted by atomic mass is 10.1. The Morgan fingerprint density at radius 2 is 1.81 bits per heavy atom. The van der Waals surface area contributed by atoms with E-state index in [2.05, 4.69) is 5.32 Å². The number of anilines is 1. The number of carbonyl (C=O) groups excluding carboxylic acids is 1. The zero-order valence-corrected chi connectivity index (χ0v) is 18.0. The lowest BCUT2D eigenvalue weighted by Crippen LogP contribution is -2.40. The van der Waals surface area contributed by atoms with E-state index in [4.69, 9.17) is 0 Å². The SMILES string of the molecule is Cc1ccc(C)c(NC(=O)Cn2c(=O)n(-c3ccc(F)cc3C)c(=O)c3sccc32)c1. The first kappa shape index (κ1) is 20.7. The van der Waals surface area contributed by atoms with E-state index in [0.29, 0.717) is 21.5 Å². The van der Waals surface area contributed by atoms with Crippen LogP contribution in [0.2, 0.25) is 0 Å². The first-order valence-electron chi connectivity index (χ1n) is 9.63. The molecule has 4 aromatic rings. The molecule has 8 heteroatoms. The van der Waals surface area contributed by atoms with E-state index >= 15 is 0 Å². The summed E-state index contributed by atoms with van der Waals surface area (Å²) in [5.74, 6) is -0.843. The highest BCUT2D eigenvalue weighted by Gasteiger charge is 2.19. The molecule has 0 atom stereocenters. The number of hydrogen-bond acceptors (Lipinski definition) is 4. The molecule has 0 aliphatic carbocycles. The van der Waals surface area contributed by atoms with E-state index in [1.165, 1.54) is 34.1 Å². The third kappa shape index (κ3) is 3.82. The number of benzene rings is 2. The highest BCUT2D eigenvalue weighted by atomic mass is 32.1. The van der Waals surface area contributed by atoms with E-state index in [9.17, 15) is 18.8 Å². The Kier molecular flexibility index (Phi) is 5.32. The molecule has 0 unspecified atom stereocenters. The number of aromatic nitrogens is 2. The van der Waals surface area contributed by atoms with Gasteiger partial charge in [0.2, 0.25) is 5.91 Å². The highest BCUT2D eigenvalue weighted by molar-refractivity contribution is 7.17. The van der Waals surface area contributed by atoms with Gasteiger partial charge in [-0.3, -0.25) is 14.2 Å². The first-order chi connectivity index (χ1) is 14.8. The molecular formula is C23H20FN3O3S. The van der Waals surface area contributed by atoms with Gasteiger partial charge >= 0.3 is 5.69 Å². The number of hydrogen-bond donors (Lipinski definition) is 1. The van der Waals surface area contributed by atoms with Crippen LogP contribution in [-0.4, -0.2) is 15.0 Å². The number of fused-ring (bicyclic) bond motifs is 1. The molecule has 6 nitrogen and oxygen atoms in total. The molecule has 31 heavy (non-hydrogen) atoms. The number of nitrogens with one attached hydrogen (secondary N) is 1. The highest BCUT2D eigenvalue weighted by Crippen LogP contribution is 2.19. The Balaban J connectivity index is 1.82. The summed E-state index contributed by atoms with van der Waals surface area (Å²) in [5.41, 5.74) is 2.56. The summed E-state index contributed by atoms with van der Waals surface area (Å²) >= 11 is 1.19. The van der Waals surface area contributed by atoms with Crippen molar-refractivity contribution in [2.24, 2.45) is 0 Å². The van der Waals surface area contributed by atoms with Crippen LogP contribution in [0.5, 0.6) is 0 Å². The van der Waals surface area contributed by atoms with Crippen LogP contribution < -0.4 is 16.6 Å². The van der Waals surface area contributed by atoms with Crippen LogP contribution in [0.15, 0.2) is 57.4 Å². The first-order valence-corrected chi connectivity index (χ1v) is 10.5. The van der Waals surface area contributed by atoms with Crippen molar-refractivity contribution in [3.05, 3.63) is 91.2 Å². The van der Waals surface area contributed by atoms with Gasteiger partial charge in [0.1, 0.15) is 17.1 Å². The molecule has 1 amide bonds. The third-order valence-electron chi connectivity index (χ3n) is 5.12. The Bertz CT molecular complexity index is 1450. The summed E-state index contributed by atoms with van der Waals surface area (Å²) in [6.07, 6.45) is 0. The van der Waals surface area contributed by atoms with E-state index in [-0.39, 0.29) is 18.1 Å². The molecule has 2 heterocycles. The maximum absolute atomic E-state index is 13.6. The van der Waals surface area contributed by atoms with Crippen molar-refractivity contribution in [1.29, 1.82) is 0 Å². The van der Waals surface area contributed by atoms with E-state index < -0.39 is 17.1 Å². The molecule has 158 valence electrons. The molecule has 4 rings (SSSR count). The van der Waals surface area contributed by atoms with Crippen molar-refractivity contribution in [3.8, 4) is 5.69 Å². The lowest BCUT2D eigenvalue weighted by Gasteiger charge is -2.14. The summed E-state index contributed by atoms with van der Waals surface area (Å²) in [4.78, 5) is 39.1. The fourth-order valence-corrected chi connectivity index (χ4v) is 4.35. The Hall–Kier alpha value is -3.52. The summed E-state index contributed by atoms with van der Waals surface area (Å²) in [6.45, 7) is 5.17. The van der Waals surface area contributed by atoms with Gasteiger partial charge in [0, 0.05) is 5.69 Å². The van der Waals surface area contributed by atoms with Crippen molar-refractivity contribution >= 4 is 33.1 Å². The third-order valence-corrected chi connectivity index (χ3v) is 6.02. The van der Waals surface area contributed by atoms with Gasteiger partial charge in [-0.05, 0) is 73.2 Å². The van der Waals surface area contributed by atoms with Gasteiger partial charge < -0.3 is 5.32 Å². The van der Waals surface area contributed by atoms with Gasteiger partial charge in [-0.25, -0.2) is 13.8 Å². The van der Waals surface area contributed by atoms with Gasteiger partial charge in [-0.2, -0.15) is 0 Å². The molecule has 0 aliphatic rings. The van der Waals surface area contributed by atoms with Crippen molar-refractivity contribution in [2.45, 2.75) is 27.3 Å². The van der Waals surface area contributed by atoms with Gasteiger partial charge in [-0.15, -0.1) is 11.3 Å². The van der Waals surface area contributed by atoms with Crippen LogP contribution in [0.3, 0.4) is 0 Å². The number of carbonyl (C=O) groups is 1.